The van der Waals surface area contributed by atoms with Gasteiger partial charge in [-0.25, -0.2) is 9.97 Å². The van der Waals surface area contributed by atoms with Gasteiger partial charge in [0, 0.05) is 18.4 Å². The Labute approximate surface area is 147 Å². The van der Waals surface area contributed by atoms with Crippen LogP contribution < -0.4 is 5.56 Å². The van der Waals surface area contributed by atoms with E-state index in [4.69, 9.17) is 4.74 Å². The summed E-state index contributed by atoms with van der Waals surface area (Å²) in [7, 11) is 0. The van der Waals surface area contributed by atoms with E-state index in [1.54, 1.807) is 28.8 Å². The topological polar surface area (TPSA) is 133 Å². The van der Waals surface area contributed by atoms with Crippen molar-refractivity contribution in [3.8, 4) is 5.75 Å². The number of benzene rings is 1. The number of aliphatic hydroxyl groups is 2. The summed E-state index contributed by atoms with van der Waals surface area (Å²) in [5.74, 6) is 0.500. The summed E-state index contributed by atoms with van der Waals surface area (Å²) in [6.45, 7) is -0.295. The lowest BCUT2D eigenvalue weighted by Crippen LogP contribution is -2.24. The number of nitrogens with zero attached hydrogens (tertiary/aromatic N) is 3. The maximum Gasteiger partial charge on any atom is 0.279 e. The molecule has 4 rings (SSSR count). The van der Waals surface area contributed by atoms with E-state index in [1.165, 1.54) is 6.33 Å². The van der Waals surface area contributed by atoms with Crippen LogP contribution in [0.15, 0.2) is 35.4 Å². The van der Waals surface area contributed by atoms with E-state index in [2.05, 4.69) is 15.0 Å². The highest BCUT2D eigenvalue weighted by Gasteiger charge is 2.35. The Morgan fingerprint density at radius 3 is 2.88 bits per heavy atom. The van der Waals surface area contributed by atoms with Crippen molar-refractivity contribution in [1.29, 1.82) is 0 Å². The van der Waals surface area contributed by atoms with Gasteiger partial charge in [0.05, 0.1) is 19.0 Å². The molecular formula is C17H18N4O5. The SMILES string of the molecule is O=c1[nH]c(Cc2ccccc2O)nc2c1ncn2[C@H]1C[C@H](O)[C@@H](CO)O1. The Morgan fingerprint density at radius 1 is 1.35 bits per heavy atom. The predicted octanol–water partition coefficient (Wildman–Crippen LogP) is 0.0567. The Morgan fingerprint density at radius 2 is 2.15 bits per heavy atom. The molecule has 1 fully saturated rings. The molecule has 1 aromatic carbocycles. The van der Waals surface area contributed by atoms with Crippen molar-refractivity contribution in [3.05, 3.63) is 52.3 Å². The fourth-order valence-corrected chi connectivity index (χ4v) is 3.16. The summed E-state index contributed by atoms with van der Waals surface area (Å²) in [4.78, 5) is 23.5. The third-order valence-corrected chi connectivity index (χ3v) is 4.53. The minimum atomic E-state index is -0.801. The van der Waals surface area contributed by atoms with E-state index in [0.29, 0.717) is 17.0 Å². The average molecular weight is 358 g/mol. The smallest absolute Gasteiger partial charge is 0.279 e. The molecule has 0 unspecified atom stereocenters. The molecule has 1 aliphatic heterocycles. The van der Waals surface area contributed by atoms with Crippen molar-refractivity contribution < 1.29 is 20.1 Å². The third kappa shape index (κ3) is 2.85. The number of phenolic OH excluding ortho intramolecular Hbond substituents is 1. The van der Waals surface area contributed by atoms with Crippen molar-refractivity contribution in [2.24, 2.45) is 0 Å². The maximum absolute atomic E-state index is 12.3. The number of aromatic nitrogens is 4. The molecule has 3 atom stereocenters. The van der Waals surface area contributed by atoms with Gasteiger partial charge in [0.1, 0.15) is 23.9 Å². The second kappa shape index (κ2) is 6.52. The zero-order valence-electron chi connectivity index (χ0n) is 13.7. The van der Waals surface area contributed by atoms with Gasteiger partial charge < -0.3 is 25.0 Å². The standard InChI is InChI=1S/C17H18N4O5/c22-7-12-11(24)6-14(26-12)21-8-18-15-16(21)19-13(20-17(15)25)5-9-3-1-2-4-10(9)23/h1-4,8,11-12,14,22-24H,5-7H2,(H,19,20,25)/t11-,12+,14+/m0/s1. The van der Waals surface area contributed by atoms with Gasteiger partial charge >= 0.3 is 0 Å². The molecule has 0 aliphatic carbocycles. The average Bonchev–Trinajstić information content (AvgIpc) is 3.20. The summed E-state index contributed by atoms with van der Waals surface area (Å²) in [6, 6.07) is 6.82. The number of imidazole rings is 1. The lowest BCUT2D eigenvalue weighted by Gasteiger charge is -2.13. The number of rotatable bonds is 4. The van der Waals surface area contributed by atoms with Gasteiger partial charge in [0.25, 0.3) is 5.56 Å². The zero-order chi connectivity index (χ0) is 18.3. The summed E-state index contributed by atoms with van der Waals surface area (Å²) in [5, 5.41) is 29.1. The number of ether oxygens (including phenoxy) is 1. The van der Waals surface area contributed by atoms with Crippen LogP contribution in [0, 0.1) is 0 Å². The molecule has 9 heteroatoms. The van der Waals surface area contributed by atoms with Gasteiger partial charge in [-0.1, -0.05) is 18.2 Å². The van der Waals surface area contributed by atoms with Crippen LogP contribution in [0.3, 0.4) is 0 Å². The summed E-state index contributed by atoms with van der Waals surface area (Å²) in [5.41, 5.74) is 0.733. The number of aliphatic hydroxyl groups excluding tert-OH is 2. The van der Waals surface area contributed by atoms with Crippen LogP contribution >= 0.6 is 0 Å². The highest BCUT2D eigenvalue weighted by atomic mass is 16.5. The van der Waals surface area contributed by atoms with E-state index in [0.717, 1.165) is 0 Å². The van der Waals surface area contributed by atoms with Crippen LogP contribution in [-0.2, 0) is 11.2 Å². The minimum absolute atomic E-state index is 0.122. The van der Waals surface area contributed by atoms with Gasteiger partial charge in [0.2, 0.25) is 0 Å². The lowest BCUT2D eigenvalue weighted by molar-refractivity contribution is -0.0432. The number of aromatic hydroxyl groups is 1. The molecule has 1 saturated heterocycles. The number of fused-ring (bicyclic) bond motifs is 1. The van der Waals surface area contributed by atoms with Gasteiger partial charge in [-0.05, 0) is 6.07 Å². The molecule has 9 nitrogen and oxygen atoms in total. The van der Waals surface area contributed by atoms with Crippen molar-refractivity contribution >= 4 is 11.2 Å². The zero-order valence-corrected chi connectivity index (χ0v) is 13.7. The molecule has 0 saturated carbocycles. The Hall–Kier alpha value is -2.75. The molecule has 3 heterocycles. The highest BCUT2D eigenvalue weighted by molar-refractivity contribution is 5.69. The molecular weight excluding hydrogens is 340 g/mol. The minimum Gasteiger partial charge on any atom is -0.508 e. The van der Waals surface area contributed by atoms with Crippen molar-refractivity contribution in [2.75, 3.05) is 6.61 Å². The first-order valence-corrected chi connectivity index (χ1v) is 8.24. The van der Waals surface area contributed by atoms with Crippen LogP contribution in [0.1, 0.15) is 24.0 Å². The summed E-state index contributed by atoms with van der Waals surface area (Å²) < 4.78 is 7.20. The van der Waals surface area contributed by atoms with Crippen molar-refractivity contribution in [1.82, 2.24) is 19.5 Å². The third-order valence-electron chi connectivity index (χ3n) is 4.53. The van der Waals surface area contributed by atoms with Crippen molar-refractivity contribution in [3.63, 3.8) is 0 Å². The molecule has 4 N–H and O–H groups in total. The first-order chi connectivity index (χ1) is 12.6. The number of hydrogen-bond acceptors (Lipinski definition) is 7. The van der Waals surface area contributed by atoms with Gasteiger partial charge in [0.15, 0.2) is 11.2 Å². The van der Waals surface area contributed by atoms with E-state index in [1.807, 2.05) is 0 Å². The molecule has 2 aromatic heterocycles. The Kier molecular flexibility index (Phi) is 4.19. The second-order valence-electron chi connectivity index (χ2n) is 6.26. The fourth-order valence-electron chi connectivity index (χ4n) is 3.16. The highest BCUT2D eigenvalue weighted by Crippen LogP contribution is 2.30. The monoisotopic (exact) mass is 358 g/mol. The summed E-state index contributed by atoms with van der Waals surface area (Å²) >= 11 is 0. The van der Waals surface area contributed by atoms with Crippen LogP contribution in [-0.4, -0.2) is 53.7 Å². The molecule has 0 bridgehead atoms. The number of hydrogen-bond donors (Lipinski definition) is 4. The first kappa shape index (κ1) is 16.7. The molecule has 136 valence electrons. The Balaban J connectivity index is 1.72. The number of H-pyrrole nitrogens is 1. The van der Waals surface area contributed by atoms with E-state index in [9.17, 15) is 20.1 Å². The number of aromatic amines is 1. The number of para-hydroxylation sites is 1. The molecule has 26 heavy (non-hydrogen) atoms. The fraction of sp³-hybridized carbons (Fsp3) is 0.353. The van der Waals surface area contributed by atoms with Gasteiger partial charge in [-0.15, -0.1) is 0 Å². The largest absolute Gasteiger partial charge is 0.508 e. The van der Waals surface area contributed by atoms with E-state index < -0.39 is 24.0 Å². The normalized spacial score (nSPS) is 22.9. The van der Waals surface area contributed by atoms with Gasteiger partial charge in [-0.2, -0.15) is 0 Å². The molecule has 0 spiro atoms. The quantitative estimate of drug-likeness (QED) is 0.518. The van der Waals surface area contributed by atoms with Gasteiger partial charge in [-0.3, -0.25) is 9.36 Å². The second-order valence-corrected chi connectivity index (χ2v) is 6.26. The van der Waals surface area contributed by atoms with Crippen LogP contribution in [0.5, 0.6) is 5.75 Å². The molecule has 3 aromatic rings. The molecule has 1 aliphatic rings. The van der Waals surface area contributed by atoms with Crippen LogP contribution in [0.4, 0.5) is 0 Å². The predicted molar refractivity (Wildman–Crippen MR) is 90.7 cm³/mol. The van der Waals surface area contributed by atoms with Crippen molar-refractivity contribution in [2.45, 2.75) is 31.3 Å². The first-order valence-electron chi connectivity index (χ1n) is 8.24. The Bertz CT molecular complexity index is 998. The molecule has 0 amide bonds. The van der Waals surface area contributed by atoms with Crippen LogP contribution in [0.2, 0.25) is 0 Å². The van der Waals surface area contributed by atoms with Crippen LogP contribution in [0.25, 0.3) is 11.2 Å². The number of phenols is 1. The number of nitrogens with one attached hydrogen (secondary N) is 1. The van der Waals surface area contributed by atoms with E-state index in [-0.39, 0.29) is 30.7 Å². The van der Waals surface area contributed by atoms with E-state index >= 15 is 0 Å². The molecule has 0 radical (unpaired) electrons. The summed E-state index contributed by atoms with van der Waals surface area (Å²) in [6.07, 6.45) is -0.102. The lowest BCUT2D eigenvalue weighted by atomic mass is 10.1. The maximum atomic E-state index is 12.3.